The van der Waals surface area contributed by atoms with Crippen LogP contribution < -0.4 is 14.8 Å². The SMILES string of the molecule is COc1ccc(CC(C)Nc2cn(C)nc2C)cc1OC. The number of nitrogens with zero attached hydrogens (tertiary/aromatic N) is 2. The summed E-state index contributed by atoms with van der Waals surface area (Å²) in [7, 11) is 5.23. The number of aryl methyl sites for hydroxylation is 2. The second-order valence-corrected chi connectivity index (χ2v) is 5.24. The molecule has 0 saturated heterocycles. The molecular weight excluding hydrogens is 266 g/mol. The largest absolute Gasteiger partial charge is 0.493 e. The number of hydrogen-bond donors (Lipinski definition) is 1. The molecule has 1 aromatic heterocycles. The van der Waals surface area contributed by atoms with Gasteiger partial charge in [-0.2, -0.15) is 5.10 Å². The molecule has 0 aliphatic carbocycles. The van der Waals surface area contributed by atoms with Crippen molar-refractivity contribution in [3.63, 3.8) is 0 Å². The van der Waals surface area contributed by atoms with E-state index in [1.807, 2.05) is 37.0 Å². The molecule has 1 N–H and O–H groups in total. The van der Waals surface area contributed by atoms with Crippen LogP contribution >= 0.6 is 0 Å². The Balaban J connectivity index is 2.05. The summed E-state index contributed by atoms with van der Waals surface area (Å²) in [6.07, 6.45) is 2.90. The number of benzene rings is 1. The zero-order valence-electron chi connectivity index (χ0n) is 13.3. The van der Waals surface area contributed by atoms with Crippen LogP contribution in [0.25, 0.3) is 0 Å². The minimum Gasteiger partial charge on any atom is -0.493 e. The summed E-state index contributed by atoms with van der Waals surface area (Å²) in [5.41, 5.74) is 3.29. The van der Waals surface area contributed by atoms with E-state index >= 15 is 0 Å². The van der Waals surface area contributed by atoms with Gasteiger partial charge in [0.05, 0.1) is 25.6 Å². The predicted octanol–water partition coefficient (Wildman–Crippen LogP) is 2.79. The van der Waals surface area contributed by atoms with Crippen LogP contribution in [0.1, 0.15) is 18.2 Å². The quantitative estimate of drug-likeness (QED) is 0.888. The highest BCUT2D eigenvalue weighted by atomic mass is 16.5. The maximum absolute atomic E-state index is 5.34. The minimum atomic E-state index is 0.297. The van der Waals surface area contributed by atoms with Gasteiger partial charge < -0.3 is 14.8 Å². The average molecular weight is 289 g/mol. The first-order valence-corrected chi connectivity index (χ1v) is 7.01. The molecule has 1 heterocycles. The normalized spacial score (nSPS) is 12.0. The molecule has 2 rings (SSSR count). The molecule has 0 aliphatic rings. The Labute approximate surface area is 125 Å². The van der Waals surface area contributed by atoms with Crippen molar-refractivity contribution in [2.75, 3.05) is 19.5 Å². The smallest absolute Gasteiger partial charge is 0.160 e. The molecule has 114 valence electrons. The van der Waals surface area contributed by atoms with E-state index in [9.17, 15) is 0 Å². The summed E-state index contributed by atoms with van der Waals surface area (Å²) in [5, 5.41) is 7.83. The molecule has 2 aromatic rings. The highest BCUT2D eigenvalue weighted by Gasteiger charge is 2.10. The standard InChI is InChI=1S/C16H23N3O2/c1-11(17-14-10-19(3)18-12(14)2)8-13-6-7-15(20-4)16(9-13)21-5/h6-7,9-11,17H,8H2,1-5H3. The third-order valence-corrected chi connectivity index (χ3v) is 3.41. The van der Waals surface area contributed by atoms with Crippen molar-refractivity contribution < 1.29 is 9.47 Å². The van der Waals surface area contributed by atoms with E-state index < -0.39 is 0 Å². The summed E-state index contributed by atoms with van der Waals surface area (Å²) >= 11 is 0. The maximum Gasteiger partial charge on any atom is 0.160 e. The van der Waals surface area contributed by atoms with Crippen molar-refractivity contribution in [1.82, 2.24) is 9.78 Å². The number of anilines is 1. The lowest BCUT2D eigenvalue weighted by atomic mass is 10.1. The van der Waals surface area contributed by atoms with Crippen LogP contribution in [0.5, 0.6) is 11.5 Å². The second kappa shape index (κ2) is 6.52. The number of nitrogens with one attached hydrogen (secondary N) is 1. The van der Waals surface area contributed by atoms with Gasteiger partial charge >= 0.3 is 0 Å². The summed E-state index contributed by atoms with van der Waals surface area (Å²) in [4.78, 5) is 0. The van der Waals surface area contributed by atoms with Crippen LogP contribution in [0, 0.1) is 6.92 Å². The monoisotopic (exact) mass is 289 g/mol. The molecular formula is C16H23N3O2. The number of rotatable bonds is 6. The average Bonchev–Trinajstić information content (AvgIpc) is 2.76. The molecule has 0 spiro atoms. The first-order valence-electron chi connectivity index (χ1n) is 7.01. The molecule has 0 aliphatic heterocycles. The van der Waals surface area contributed by atoms with E-state index in [0.717, 1.165) is 29.3 Å². The topological polar surface area (TPSA) is 48.3 Å². The summed E-state index contributed by atoms with van der Waals surface area (Å²) < 4.78 is 12.4. The van der Waals surface area contributed by atoms with Gasteiger partial charge in [-0.3, -0.25) is 4.68 Å². The van der Waals surface area contributed by atoms with Crippen LogP contribution in [0.4, 0.5) is 5.69 Å². The van der Waals surface area contributed by atoms with E-state index in [1.165, 1.54) is 5.56 Å². The Bertz CT molecular complexity index is 608. The van der Waals surface area contributed by atoms with Gasteiger partial charge in [0.25, 0.3) is 0 Å². The first-order chi connectivity index (χ1) is 10.0. The predicted molar refractivity (Wildman–Crippen MR) is 84.3 cm³/mol. The Hall–Kier alpha value is -2.17. The molecule has 0 amide bonds. The third-order valence-electron chi connectivity index (χ3n) is 3.41. The van der Waals surface area contributed by atoms with Crippen LogP contribution in [0.15, 0.2) is 24.4 Å². The van der Waals surface area contributed by atoms with Crippen LogP contribution in [-0.2, 0) is 13.5 Å². The molecule has 1 unspecified atom stereocenters. The number of hydrogen-bond acceptors (Lipinski definition) is 4. The second-order valence-electron chi connectivity index (χ2n) is 5.24. The van der Waals surface area contributed by atoms with Crippen LogP contribution in [-0.4, -0.2) is 30.0 Å². The van der Waals surface area contributed by atoms with Gasteiger partial charge in [-0.1, -0.05) is 6.07 Å². The number of methoxy groups -OCH3 is 2. The minimum absolute atomic E-state index is 0.297. The van der Waals surface area contributed by atoms with Gasteiger partial charge in [0, 0.05) is 19.3 Å². The highest BCUT2D eigenvalue weighted by molar-refractivity contribution is 5.47. The van der Waals surface area contributed by atoms with Crippen molar-refractivity contribution >= 4 is 5.69 Å². The maximum atomic E-state index is 5.34. The molecule has 1 atom stereocenters. The fraction of sp³-hybridized carbons (Fsp3) is 0.438. The Morgan fingerprint density at radius 2 is 1.95 bits per heavy atom. The molecule has 0 bridgehead atoms. The Morgan fingerprint density at radius 1 is 1.24 bits per heavy atom. The molecule has 0 radical (unpaired) electrons. The Morgan fingerprint density at radius 3 is 2.52 bits per heavy atom. The van der Waals surface area contributed by atoms with Gasteiger partial charge in [0.1, 0.15) is 0 Å². The summed E-state index contributed by atoms with van der Waals surface area (Å²) in [6, 6.07) is 6.32. The zero-order valence-corrected chi connectivity index (χ0v) is 13.3. The van der Waals surface area contributed by atoms with Crippen molar-refractivity contribution in [1.29, 1.82) is 0 Å². The third kappa shape index (κ3) is 3.68. The first kappa shape index (κ1) is 15.2. The van der Waals surface area contributed by atoms with E-state index in [0.29, 0.717) is 6.04 Å². The van der Waals surface area contributed by atoms with Gasteiger partial charge in [-0.25, -0.2) is 0 Å². The fourth-order valence-electron chi connectivity index (χ4n) is 2.42. The zero-order chi connectivity index (χ0) is 15.4. The van der Waals surface area contributed by atoms with Crippen molar-refractivity contribution in [3.8, 4) is 11.5 Å². The van der Waals surface area contributed by atoms with Crippen molar-refractivity contribution in [3.05, 3.63) is 35.7 Å². The van der Waals surface area contributed by atoms with E-state index in [4.69, 9.17) is 9.47 Å². The summed E-state index contributed by atoms with van der Waals surface area (Å²) in [6.45, 7) is 4.16. The van der Waals surface area contributed by atoms with E-state index in [-0.39, 0.29) is 0 Å². The molecule has 0 saturated carbocycles. The fourth-order valence-corrected chi connectivity index (χ4v) is 2.42. The lowest BCUT2D eigenvalue weighted by Gasteiger charge is -2.16. The number of ether oxygens (including phenoxy) is 2. The molecule has 21 heavy (non-hydrogen) atoms. The van der Waals surface area contributed by atoms with E-state index in [2.05, 4.69) is 23.4 Å². The lowest BCUT2D eigenvalue weighted by molar-refractivity contribution is 0.354. The highest BCUT2D eigenvalue weighted by Crippen LogP contribution is 2.28. The lowest BCUT2D eigenvalue weighted by Crippen LogP contribution is -2.18. The molecule has 5 nitrogen and oxygen atoms in total. The van der Waals surface area contributed by atoms with Gasteiger partial charge in [-0.05, 0) is 38.0 Å². The van der Waals surface area contributed by atoms with Gasteiger partial charge in [0.15, 0.2) is 11.5 Å². The number of aromatic nitrogens is 2. The molecule has 0 fully saturated rings. The van der Waals surface area contributed by atoms with Crippen LogP contribution in [0.3, 0.4) is 0 Å². The molecule has 5 heteroatoms. The van der Waals surface area contributed by atoms with Crippen molar-refractivity contribution in [2.45, 2.75) is 26.3 Å². The van der Waals surface area contributed by atoms with Gasteiger partial charge in [-0.15, -0.1) is 0 Å². The van der Waals surface area contributed by atoms with E-state index in [1.54, 1.807) is 14.2 Å². The van der Waals surface area contributed by atoms with Crippen LogP contribution in [0.2, 0.25) is 0 Å². The van der Waals surface area contributed by atoms with Gasteiger partial charge in [0.2, 0.25) is 0 Å². The van der Waals surface area contributed by atoms with Crippen molar-refractivity contribution in [2.24, 2.45) is 7.05 Å². The summed E-state index contributed by atoms with van der Waals surface area (Å²) in [5.74, 6) is 1.52. The molecule has 1 aromatic carbocycles. The Kier molecular flexibility index (Phi) is 4.73.